The van der Waals surface area contributed by atoms with Gasteiger partial charge in [0.25, 0.3) is 0 Å². The molecule has 0 saturated heterocycles. The second kappa shape index (κ2) is 16.8. The highest BCUT2D eigenvalue weighted by Crippen LogP contribution is 2.38. The normalized spacial score (nSPS) is 13.4. The Morgan fingerprint density at radius 2 is 0.854 bits per heavy atom. The van der Waals surface area contributed by atoms with Crippen molar-refractivity contribution in [3.63, 3.8) is 0 Å². The van der Waals surface area contributed by atoms with Gasteiger partial charge in [-0.25, -0.2) is 4.70 Å². The number of rotatable bonds is 18. The first-order chi connectivity index (χ1) is 19.9. The molecular weight excluding hydrogens is 496 g/mol. The molecule has 0 unspecified atom stereocenters. The number of benzene rings is 2. The summed E-state index contributed by atoms with van der Waals surface area (Å²) in [6.07, 6.45) is 21.6. The van der Waals surface area contributed by atoms with Gasteiger partial charge in [-0.05, 0) is 130 Å². The Morgan fingerprint density at radius 3 is 1.20 bits per heavy atom. The van der Waals surface area contributed by atoms with E-state index < -0.39 is 0 Å². The maximum Gasteiger partial charge on any atom is 0.210 e. The Balaban J connectivity index is 1.98. The largest absolute Gasteiger partial charge is 0.493 e. The molecule has 0 spiro atoms. The van der Waals surface area contributed by atoms with E-state index in [9.17, 15) is 5.53 Å². The molecule has 0 radical (unpaired) electrons. The van der Waals surface area contributed by atoms with Crippen LogP contribution in [0.4, 0.5) is 0 Å². The summed E-state index contributed by atoms with van der Waals surface area (Å²) in [5, 5.41) is 0. The summed E-state index contributed by atoms with van der Waals surface area (Å²) in [5.74, 6) is 0. The first-order valence-electron chi connectivity index (χ1n) is 17.0. The van der Waals surface area contributed by atoms with Crippen LogP contribution in [0.25, 0.3) is 16.9 Å². The highest BCUT2D eigenvalue weighted by atomic mass is 15.2. The van der Waals surface area contributed by atoms with Gasteiger partial charge in [-0.1, -0.05) is 79.1 Å². The number of allylic oxidation sites excluding steroid dienone is 2. The van der Waals surface area contributed by atoms with Crippen LogP contribution in [0.5, 0.6) is 0 Å². The van der Waals surface area contributed by atoms with Crippen molar-refractivity contribution >= 4 is 11.4 Å². The summed E-state index contributed by atoms with van der Waals surface area (Å²) in [6.45, 7) is 15.9. The second-order valence-corrected chi connectivity index (χ2v) is 12.5. The van der Waals surface area contributed by atoms with Gasteiger partial charge < -0.3 is 5.53 Å². The number of hydrogen-bond acceptors (Lipinski definition) is 0. The minimum absolute atomic E-state index is 0.923. The molecule has 2 aromatic rings. The summed E-state index contributed by atoms with van der Waals surface area (Å²) in [5.41, 5.74) is 25.9. The highest BCUT2D eigenvalue weighted by Gasteiger charge is 2.28. The maximum absolute atomic E-state index is 11.8. The van der Waals surface area contributed by atoms with Crippen molar-refractivity contribution in [2.24, 2.45) is 0 Å². The van der Waals surface area contributed by atoms with E-state index in [1.807, 2.05) is 0 Å². The average Bonchev–Trinajstić information content (AvgIpc) is 3.26. The lowest BCUT2D eigenvalue weighted by atomic mass is 9.91. The van der Waals surface area contributed by atoms with Crippen LogP contribution in [0, 0.1) is 13.8 Å². The summed E-state index contributed by atoms with van der Waals surface area (Å²) in [6, 6.07) is 9.46. The molecule has 0 fully saturated rings. The quantitative estimate of drug-likeness (QED) is 0.129. The molecule has 224 valence electrons. The third-order valence-electron chi connectivity index (χ3n) is 9.18. The first kappa shape index (κ1) is 33.0. The smallest absolute Gasteiger partial charge is 0.210 e. The van der Waals surface area contributed by atoms with Crippen molar-refractivity contribution in [1.82, 2.24) is 0 Å². The lowest BCUT2D eigenvalue weighted by molar-refractivity contribution is -0.344. The van der Waals surface area contributed by atoms with E-state index >= 15 is 0 Å². The number of aryl methyl sites for hydroxylation is 4. The standard InChI is InChI=1S/C39H58N2/c1-8-12-16-20-32-25-36(26-33(30(32)6)21-17-13-9-2)38-24-29(5)39(41(38)40)37-27-34(22-18-14-10-3)31(7)35(28-37)23-19-15-11-4/h24-28H,8-23H2,1-7H3. The predicted octanol–water partition coefficient (Wildman–Crippen LogP) is 12.1. The van der Waals surface area contributed by atoms with E-state index in [1.54, 1.807) is 0 Å². The van der Waals surface area contributed by atoms with E-state index in [0.29, 0.717) is 0 Å². The number of nitrogens with zero attached hydrogens (tertiary/aromatic N) is 2. The molecule has 3 rings (SSSR count). The maximum atomic E-state index is 11.8. The van der Waals surface area contributed by atoms with Crippen molar-refractivity contribution in [3.8, 4) is 0 Å². The Kier molecular flexibility index (Phi) is 13.6. The molecule has 0 aliphatic carbocycles. The van der Waals surface area contributed by atoms with Gasteiger partial charge in [0.15, 0.2) is 0 Å². The van der Waals surface area contributed by atoms with Gasteiger partial charge in [0.05, 0.1) is 0 Å². The van der Waals surface area contributed by atoms with Crippen LogP contribution < -0.4 is 0 Å². The SMILES string of the molecule is CCCCCc1cc(C2=CC(C)=C(c3cc(CCCCC)c(C)c(CCCCC)c3)[N+]2=[N-])cc(CCCCC)c1C. The van der Waals surface area contributed by atoms with Crippen molar-refractivity contribution in [2.75, 3.05) is 0 Å². The molecule has 0 bridgehead atoms. The first-order valence-corrected chi connectivity index (χ1v) is 17.0. The van der Waals surface area contributed by atoms with Gasteiger partial charge in [-0.2, -0.15) is 0 Å². The molecule has 1 heterocycles. The zero-order chi connectivity index (χ0) is 29.8. The fourth-order valence-electron chi connectivity index (χ4n) is 6.44. The second-order valence-electron chi connectivity index (χ2n) is 12.5. The van der Waals surface area contributed by atoms with Gasteiger partial charge in [0, 0.05) is 22.8 Å². The zero-order valence-corrected chi connectivity index (χ0v) is 27.6. The van der Waals surface area contributed by atoms with E-state index in [0.717, 1.165) is 48.2 Å². The van der Waals surface area contributed by atoms with Gasteiger partial charge in [0.1, 0.15) is 0 Å². The Labute approximate surface area is 252 Å². The molecule has 1 aliphatic rings. The van der Waals surface area contributed by atoms with E-state index in [1.165, 1.54) is 121 Å². The molecule has 2 aromatic carbocycles. The molecule has 2 nitrogen and oxygen atoms in total. The van der Waals surface area contributed by atoms with E-state index in [2.05, 4.69) is 78.8 Å². The van der Waals surface area contributed by atoms with Crippen molar-refractivity contribution in [1.29, 1.82) is 0 Å². The van der Waals surface area contributed by atoms with Gasteiger partial charge in [0.2, 0.25) is 11.4 Å². The fourth-order valence-corrected chi connectivity index (χ4v) is 6.44. The predicted molar refractivity (Wildman–Crippen MR) is 179 cm³/mol. The Morgan fingerprint density at radius 1 is 0.512 bits per heavy atom. The molecule has 1 aliphatic heterocycles. The lowest BCUT2D eigenvalue weighted by Gasteiger charge is -2.17. The van der Waals surface area contributed by atoms with Crippen LogP contribution in [0.2, 0.25) is 0 Å². The van der Waals surface area contributed by atoms with Crippen molar-refractivity contribution in [3.05, 3.63) is 86.0 Å². The summed E-state index contributed by atoms with van der Waals surface area (Å²) in [7, 11) is 0. The Bertz CT molecular complexity index is 1160. The summed E-state index contributed by atoms with van der Waals surface area (Å²) >= 11 is 0. The minimum Gasteiger partial charge on any atom is -0.493 e. The van der Waals surface area contributed by atoms with Crippen LogP contribution >= 0.6 is 0 Å². The summed E-state index contributed by atoms with van der Waals surface area (Å²) in [4.78, 5) is 0. The Hall–Kier alpha value is -2.48. The molecule has 0 aromatic heterocycles. The molecule has 0 amide bonds. The van der Waals surface area contributed by atoms with Crippen molar-refractivity contribution < 1.29 is 4.70 Å². The third kappa shape index (κ3) is 8.76. The van der Waals surface area contributed by atoms with Gasteiger partial charge >= 0.3 is 0 Å². The number of hydrogen-bond donors (Lipinski definition) is 0. The van der Waals surface area contributed by atoms with Crippen molar-refractivity contribution in [2.45, 2.75) is 151 Å². The van der Waals surface area contributed by atoms with Gasteiger partial charge in [-0.3, -0.25) is 0 Å². The number of unbranched alkanes of at least 4 members (excludes halogenated alkanes) is 8. The van der Waals surface area contributed by atoms with E-state index in [4.69, 9.17) is 0 Å². The van der Waals surface area contributed by atoms with Crippen LogP contribution in [0.3, 0.4) is 0 Å². The average molecular weight is 555 g/mol. The van der Waals surface area contributed by atoms with E-state index in [-0.39, 0.29) is 0 Å². The zero-order valence-electron chi connectivity index (χ0n) is 27.6. The molecule has 0 saturated carbocycles. The lowest BCUT2D eigenvalue weighted by Crippen LogP contribution is -2.07. The third-order valence-corrected chi connectivity index (χ3v) is 9.18. The highest BCUT2D eigenvalue weighted by molar-refractivity contribution is 5.79. The molecule has 0 N–H and O–H groups in total. The molecule has 41 heavy (non-hydrogen) atoms. The fraction of sp³-hybridized carbons (Fsp3) is 0.590. The molecule has 2 heteroatoms. The topological polar surface area (TPSA) is 25.3 Å². The summed E-state index contributed by atoms with van der Waals surface area (Å²) < 4.78 is 1.50. The minimum atomic E-state index is 0.923. The molecule has 0 atom stereocenters. The van der Waals surface area contributed by atoms with Crippen LogP contribution in [0.15, 0.2) is 35.9 Å². The van der Waals surface area contributed by atoms with Crippen LogP contribution in [-0.4, -0.2) is 4.70 Å². The van der Waals surface area contributed by atoms with Gasteiger partial charge in [-0.15, -0.1) is 0 Å². The van der Waals surface area contributed by atoms with Crippen LogP contribution in [-0.2, 0) is 25.7 Å². The monoisotopic (exact) mass is 554 g/mol. The van der Waals surface area contributed by atoms with Crippen LogP contribution in [0.1, 0.15) is 156 Å². The molecular formula is C39H58N2.